The average molecular weight is 309 g/mol. The summed E-state index contributed by atoms with van der Waals surface area (Å²) in [6.45, 7) is 1.16. The quantitative estimate of drug-likeness (QED) is 0.630. The van der Waals surface area contributed by atoms with E-state index in [1.807, 2.05) is 0 Å². The minimum absolute atomic E-state index is 0.0969. The largest absolute Gasteiger partial charge is 0.326 e. The lowest BCUT2D eigenvalue weighted by atomic mass is 9.95. The number of carbonyl (C=O) groups is 1. The Labute approximate surface area is 132 Å². The first kappa shape index (κ1) is 18.4. The summed E-state index contributed by atoms with van der Waals surface area (Å²) in [6.07, 6.45) is 8.06. The second-order valence-corrected chi connectivity index (χ2v) is 6.02. The maximum atomic E-state index is 12.0. The van der Waals surface area contributed by atoms with E-state index in [9.17, 15) is 9.70 Å². The topological polar surface area (TPSA) is 88.8 Å². The molecule has 1 N–H and O–H groups in total. The Morgan fingerprint density at radius 1 is 1.27 bits per heavy atom. The molecule has 0 radical (unpaired) electrons. The Morgan fingerprint density at radius 2 is 1.91 bits per heavy atom. The Bertz CT molecular complexity index is 388. The van der Waals surface area contributed by atoms with Crippen LogP contribution < -0.4 is 5.32 Å². The summed E-state index contributed by atoms with van der Waals surface area (Å²) >= 11 is 0. The predicted octanol–water partition coefficient (Wildman–Crippen LogP) is 1.65. The standard InChI is InChI=1S/C13H21N3O.C2H6N2O/c14-9-12-7-4-8-16(12)13(17)10-15-11-5-2-1-3-6-11;1-4(2)3-5/h11-12,15H,1-8,10H2;1-2H3. The van der Waals surface area contributed by atoms with E-state index in [2.05, 4.69) is 16.7 Å². The second-order valence-electron chi connectivity index (χ2n) is 6.02. The number of nitrogens with one attached hydrogen (secondary N) is 1. The minimum Gasteiger partial charge on any atom is -0.326 e. The van der Waals surface area contributed by atoms with Gasteiger partial charge in [-0.2, -0.15) is 5.26 Å². The summed E-state index contributed by atoms with van der Waals surface area (Å²) in [6, 6.07) is 2.54. The fourth-order valence-corrected chi connectivity index (χ4v) is 2.84. The van der Waals surface area contributed by atoms with Crippen LogP contribution in [-0.4, -0.2) is 55.1 Å². The number of amides is 1. The first-order valence-electron chi connectivity index (χ1n) is 8.01. The van der Waals surface area contributed by atoms with Gasteiger partial charge in [0.2, 0.25) is 5.91 Å². The zero-order valence-corrected chi connectivity index (χ0v) is 13.6. The van der Waals surface area contributed by atoms with Crippen molar-refractivity contribution in [3.63, 3.8) is 0 Å². The lowest BCUT2D eigenvalue weighted by Crippen LogP contribution is -2.43. The number of hydrogen-bond acceptors (Lipinski definition) is 5. The molecular weight excluding hydrogens is 282 g/mol. The molecular formula is C15H27N5O2. The van der Waals surface area contributed by atoms with Crippen LogP contribution in [0.15, 0.2) is 5.29 Å². The molecule has 0 bridgehead atoms. The van der Waals surface area contributed by atoms with E-state index < -0.39 is 0 Å². The maximum Gasteiger partial charge on any atom is 0.237 e. The normalized spacial score (nSPS) is 21.5. The highest BCUT2D eigenvalue weighted by atomic mass is 16.3. The fraction of sp³-hybridized carbons (Fsp3) is 0.867. The zero-order valence-electron chi connectivity index (χ0n) is 13.6. The molecule has 2 rings (SSSR count). The van der Waals surface area contributed by atoms with Crippen molar-refractivity contribution in [2.24, 2.45) is 5.29 Å². The number of nitriles is 1. The lowest BCUT2D eigenvalue weighted by molar-refractivity contribution is -0.130. The van der Waals surface area contributed by atoms with Crippen LogP contribution in [-0.2, 0) is 4.79 Å². The van der Waals surface area contributed by atoms with Gasteiger partial charge in [0.15, 0.2) is 0 Å². The predicted molar refractivity (Wildman–Crippen MR) is 84.7 cm³/mol. The van der Waals surface area contributed by atoms with Gasteiger partial charge in [-0.15, -0.1) is 4.91 Å². The Morgan fingerprint density at radius 3 is 2.45 bits per heavy atom. The molecule has 7 nitrogen and oxygen atoms in total. The van der Waals surface area contributed by atoms with Crippen LogP contribution >= 0.6 is 0 Å². The molecule has 124 valence electrons. The van der Waals surface area contributed by atoms with Crippen molar-refractivity contribution in [2.75, 3.05) is 27.2 Å². The van der Waals surface area contributed by atoms with Crippen LogP contribution in [0.2, 0.25) is 0 Å². The van der Waals surface area contributed by atoms with Crippen molar-refractivity contribution in [2.45, 2.75) is 57.0 Å². The molecule has 1 saturated carbocycles. The molecule has 2 fully saturated rings. The van der Waals surface area contributed by atoms with Crippen molar-refractivity contribution in [3.8, 4) is 6.07 Å². The van der Waals surface area contributed by atoms with Gasteiger partial charge in [0, 0.05) is 26.7 Å². The number of likely N-dealkylation sites (tertiary alicyclic amines) is 1. The van der Waals surface area contributed by atoms with Gasteiger partial charge in [-0.25, -0.2) is 0 Å². The van der Waals surface area contributed by atoms with Crippen LogP contribution in [0.5, 0.6) is 0 Å². The summed E-state index contributed by atoms with van der Waals surface area (Å²) in [5, 5.41) is 15.9. The lowest BCUT2D eigenvalue weighted by Gasteiger charge is -2.25. The van der Waals surface area contributed by atoms with E-state index in [1.165, 1.54) is 37.1 Å². The number of nitrogens with zero attached hydrogens (tertiary/aromatic N) is 4. The van der Waals surface area contributed by atoms with E-state index in [0.29, 0.717) is 12.6 Å². The molecule has 0 aromatic carbocycles. The van der Waals surface area contributed by atoms with Gasteiger partial charge in [0.05, 0.1) is 17.9 Å². The first-order valence-corrected chi connectivity index (χ1v) is 8.01. The van der Waals surface area contributed by atoms with Gasteiger partial charge in [0.25, 0.3) is 0 Å². The molecule has 1 unspecified atom stereocenters. The highest BCUT2D eigenvalue weighted by Crippen LogP contribution is 2.18. The number of carbonyl (C=O) groups excluding carboxylic acids is 1. The van der Waals surface area contributed by atoms with E-state index >= 15 is 0 Å². The van der Waals surface area contributed by atoms with Gasteiger partial charge in [0.1, 0.15) is 6.04 Å². The molecule has 2 aliphatic rings. The molecule has 0 aromatic heterocycles. The Hall–Kier alpha value is -1.68. The van der Waals surface area contributed by atoms with Crippen LogP contribution in [0.1, 0.15) is 44.9 Å². The van der Waals surface area contributed by atoms with Gasteiger partial charge in [-0.1, -0.05) is 19.3 Å². The van der Waals surface area contributed by atoms with E-state index in [4.69, 9.17) is 5.26 Å². The second kappa shape index (κ2) is 10.1. The molecule has 1 aliphatic carbocycles. The average Bonchev–Trinajstić information content (AvgIpc) is 3.03. The summed E-state index contributed by atoms with van der Waals surface area (Å²) in [7, 11) is 3.15. The van der Waals surface area contributed by atoms with Gasteiger partial charge in [-0.3, -0.25) is 9.80 Å². The Kier molecular flexibility index (Phi) is 8.44. The molecule has 1 saturated heterocycles. The van der Waals surface area contributed by atoms with Crippen LogP contribution in [0.3, 0.4) is 0 Å². The third-order valence-electron chi connectivity index (χ3n) is 4.03. The van der Waals surface area contributed by atoms with Crippen LogP contribution in [0, 0.1) is 16.2 Å². The Balaban J connectivity index is 0.000000422. The molecule has 1 atom stereocenters. The summed E-state index contributed by atoms with van der Waals surface area (Å²) in [5.74, 6) is 0.0969. The van der Waals surface area contributed by atoms with Crippen molar-refractivity contribution in [1.82, 2.24) is 15.2 Å². The molecule has 0 spiro atoms. The van der Waals surface area contributed by atoms with Crippen molar-refractivity contribution >= 4 is 5.91 Å². The third kappa shape index (κ3) is 6.39. The van der Waals surface area contributed by atoms with E-state index in [1.54, 1.807) is 19.0 Å². The van der Waals surface area contributed by atoms with E-state index in [0.717, 1.165) is 19.4 Å². The smallest absolute Gasteiger partial charge is 0.237 e. The molecule has 7 heteroatoms. The maximum absolute atomic E-state index is 12.0. The van der Waals surface area contributed by atoms with Crippen molar-refractivity contribution in [1.29, 1.82) is 5.26 Å². The number of rotatable bonds is 4. The zero-order chi connectivity index (χ0) is 16.4. The highest BCUT2D eigenvalue weighted by molar-refractivity contribution is 5.79. The molecule has 0 aromatic rings. The fourth-order valence-electron chi connectivity index (χ4n) is 2.84. The van der Waals surface area contributed by atoms with Crippen LogP contribution in [0.4, 0.5) is 0 Å². The summed E-state index contributed by atoms with van der Waals surface area (Å²) < 4.78 is 0. The van der Waals surface area contributed by atoms with Crippen LogP contribution in [0.25, 0.3) is 0 Å². The molecule has 22 heavy (non-hydrogen) atoms. The first-order chi connectivity index (χ1) is 10.6. The molecule has 1 amide bonds. The monoisotopic (exact) mass is 309 g/mol. The van der Waals surface area contributed by atoms with E-state index in [-0.39, 0.29) is 11.9 Å². The molecule has 1 heterocycles. The molecule has 1 aliphatic heterocycles. The minimum atomic E-state index is -0.185. The third-order valence-corrected chi connectivity index (χ3v) is 4.03. The van der Waals surface area contributed by atoms with Gasteiger partial charge >= 0.3 is 0 Å². The number of hydrogen-bond donors (Lipinski definition) is 1. The van der Waals surface area contributed by atoms with Crippen molar-refractivity contribution in [3.05, 3.63) is 4.91 Å². The highest BCUT2D eigenvalue weighted by Gasteiger charge is 2.28. The van der Waals surface area contributed by atoms with Crippen molar-refractivity contribution < 1.29 is 4.79 Å². The summed E-state index contributed by atoms with van der Waals surface area (Å²) in [4.78, 5) is 22.9. The van der Waals surface area contributed by atoms with Gasteiger partial charge in [-0.05, 0) is 25.7 Å². The number of nitroso groups, excluding NO2 is 1. The summed E-state index contributed by atoms with van der Waals surface area (Å²) in [5.41, 5.74) is 0. The SMILES string of the molecule is CN(C)N=O.N#CC1CCCN1C(=O)CNC1CCCCC1. The van der Waals surface area contributed by atoms with Gasteiger partial charge < -0.3 is 10.2 Å².